The molecular formula is C30H32N4O3. The number of amides is 1. The second kappa shape index (κ2) is 8.21. The molecule has 0 saturated carbocycles. The van der Waals surface area contributed by atoms with Gasteiger partial charge in [0, 0.05) is 52.2 Å². The molecule has 7 heteroatoms. The molecule has 5 heterocycles. The summed E-state index contributed by atoms with van der Waals surface area (Å²) in [6, 6.07) is 13.6. The van der Waals surface area contributed by atoms with Crippen molar-refractivity contribution in [2.24, 2.45) is 5.92 Å². The number of carbonyl (C=O) groups excluding carboxylic acids is 2. The summed E-state index contributed by atoms with van der Waals surface area (Å²) in [6.07, 6.45) is 4.01. The van der Waals surface area contributed by atoms with Gasteiger partial charge in [-0.3, -0.25) is 14.5 Å². The molecule has 0 bridgehead atoms. The molecule has 190 valence electrons. The predicted molar refractivity (Wildman–Crippen MR) is 143 cm³/mol. The van der Waals surface area contributed by atoms with Crippen molar-refractivity contribution in [3.63, 3.8) is 0 Å². The number of phenolic OH excluding ortho intramolecular Hbond substituents is 1. The van der Waals surface area contributed by atoms with Crippen LogP contribution in [0.4, 0.5) is 0 Å². The number of nitrogens with zero attached hydrogens (tertiary/aromatic N) is 3. The Kier molecular flexibility index (Phi) is 5.02. The number of nitrogens with one attached hydrogen (secondary N) is 1. The zero-order chi connectivity index (χ0) is 25.4. The van der Waals surface area contributed by atoms with E-state index in [1.54, 1.807) is 12.1 Å². The number of para-hydroxylation sites is 1. The molecular weight excluding hydrogens is 464 g/mol. The minimum atomic E-state index is -0.262. The van der Waals surface area contributed by atoms with Crippen LogP contribution in [0.25, 0.3) is 21.8 Å². The first-order valence-corrected chi connectivity index (χ1v) is 13.4. The summed E-state index contributed by atoms with van der Waals surface area (Å²) in [5.74, 6) is 0.310. The number of aromatic hydroxyl groups is 1. The van der Waals surface area contributed by atoms with Crippen molar-refractivity contribution in [3.8, 4) is 5.75 Å². The van der Waals surface area contributed by atoms with E-state index in [4.69, 9.17) is 0 Å². The summed E-state index contributed by atoms with van der Waals surface area (Å²) in [5.41, 5.74) is 6.96. The number of likely N-dealkylation sites (N-methyl/N-ethyl adjacent to an activating group) is 1. The lowest BCUT2D eigenvalue weighted by atomic mass is 9.82. The predicted octanol–water partition coefficient (Wildman–Crippen LogP) is 4.65. The Hall–Kier alpha value is -3.58. The molecule has 3 aliphatic heterocycles. The smallest absolute Gasteiger partial charge is 0.210 e. The van der Waals surface area contributed by atoms with Gasteiger partial charge in [-0.2, -0.15) is 0 Å². The van der Waals surface area contributed by atoms with Crippen LogP contribution in [0.3, 0.4) is 0 Å². The number of carbonyl (C=O) groups is 2. The van der Waals surface area contributed by atoms with Crippen LogP contribution in [0.2, 0.25) is 0 Å². The SMILES string of the molecule is CC1C(=O)C(CC2c3[nH]c4ccc(O)cc4c3CCN2C=O)CC2c3c(c4ccccc4n31)CCN2C. The number of phenols is 1. The number of Topliss-reactive ketones (excluding diaryl/α,β-unsaturated/α-hetero) is 1. The van der Waals surface area contributed by atoms with E-state index >= 15 is 0 Å². The molecule has 1 amide bonds. The quantitative estimate of drug-likeness (QED) is 0.405. The Bertz CT molecular complexity index is 1570. The average Bonchev–Trinajstić information content (AvgIpc) is 3.41. The summed E-state index contributed by atoms with van der Waals surface area (Å²) in [4.78, 5) is 34.1. The van der Waals surface area contributed by atoms with Crippen molar-refractivity contribution in [1.29, 1.82) is 0 Å². The van der Waals surface area contributed by atoms with Gasteiger partial charge in [0.1, 0.15) is 5.75 Å². The normalized spacial score (nSPS) is 25.8. The molecule has 0 fully saturated rings. The van der Waals surface area contributed by atoms with Crippen molar-refractivity contribution in [2.75, 3.05) is 20.1 Å². The zero-order valence-electron chi connectivity index (χ0n) is 21.3. The molecule has 4 atom stereocenters. The Morgan fingerprint density at radius 1 is 1.08 bits per heavy atom. The molecule has 3 aliphatic rings. The third-order valence-electron chi connectivity index (χ3n) is 9.25. The number of rotatable bonds is 3. The second-order valence-electron chi connectivity index (χ2n) is 11.1. The molecule has 2 N–H and O–H groups in total. The van der Waals surface area contributed by atoms with Gasteiger partial charge in [0.25, 0.3) is 0 Å². The number of fused-ring (bicyclic) bond motifs is 6. The van der Waals surface area contributed by atoms with Gasteiger partial charge in [-0.1, -0.05) is 18.2 Å². The van der Waals surface area contributed by atoms with E-state index in [1.807, 2.05) is 11.0 Å². The highest BCUT2D eigenvalue weighted by Gasteiger charge is 2.43. The number of hydrogen-bond acceptors (Lipinski definition) is 4. The Morgan fingerprint density at radius 3 is 2.73 bits per heavy atom. The molecule has 7 rings (SSSR count). The van der Waals surface area contributed by atoms with Gasteiger partial charge >= 0.3 is 0 Å². The highest BCUT2D eigenvalue weighted by Crippen LogP contribution is 2.47. The fourth-order valence-corrected chi connectivity index (χ4v) is 7.43. The highest BCUT2D eigenvalue weighted by atomic mass is 16.3. The maximum Gasteiger partial charge on any atom is 0.210 e. The molecule has 0 radical (unpaired) electrons. The minimum absolute atomic E-state index is 0.169. The van der Waals surface area contributed by atoms with Crippen LogP contribution >= 0.6 is 0 Å². The summed E-state index contributed by atoms with van der Waals surface area (Å²) in [7, 11) is 2.17. The maximum atomic E-state index is 14.2. The first kappa shape index (κ1) is 22.6. The standard InChI is InChI=1S/C30H32N4O3/c1-17-30(37)18(14-27-29-22(9-11-32(27)2)20-5-3-4-6-25(20)34(17)29)13-26-28-21(10-12-33(26)16-35)23-15-19(36)7-8-24(23)31-28/h3-8,15-18,26-27,31,36H,9-14H2,1-2H3. The molecule has 4 unspecified atom stereocenters. The van der Waals surface area contributed by atoms with E-state index in [9.17, 15) is 14.7 Å². The summed E-state index contributed by atoms with van der Waals surface area (Å²) >= 11 is 0. The number of aromatic amines is 1. The second-order valence-corrected chi connectivity index (χ2v) is 11.1. The van der Waals surface area contributed by atoms with Crippen LogP contribution in [0.5, 0.6) is 5.75 Å². The average molecular weight is 497 g/mol. The Morgan fingerprint density at radius 2 is 1.89 bits per heavy atom. The first-order chi connectivity index (χ1) is 18.0. The molecule has 0 spiro atoms. The van der Waals surface area contributed by atoms with Gasteiger partial charge in [-0.25, -0.2) is 0 Å². The molecule has 4 aromatic rings. The van der Waals surface area contributed by atoms with E-state index < -0.39 is 0 Å². The summed E-state index contributed by atoms with van der Waals surface area (Å²) in [6.45, 7) is 3.63. The van der Waals surface area contributed by atoms with Gasteiger partial charge in [-0.15, -0.1) is 0 Å². The lowest BCUT2D eigenvalue weighted by Gasteiger charge is -2.37. The van der Waals surface area contributed by atoms with Crippen LogP contribution in [0, 0.1) is 5.92 Å². The van der Waals surface area contributed by atoms with E-state index in [2.05, 4.69) is 52.7 Å². The molecule has 2 aromatic carbocycles. The lowest BCUT2D eigenvalue weighted by Crippen LogP contribution is -2.38. The number of ketones is 1. The lowest BCUT2D eigenvalue weighted by molar-refractivity contribution is -0.128. The zero-order valence-corrected chi connectivity index (χ0v) is 21.3. The minimum Gasteiger partial charge on any atom is -0.508 e. The van der Waals surface area contributed by atoms with Gasteiger partial charge in [0.2, 0.25) is 6.41 Å². The first-order valence-electron chi connectivity index (χ1n) is 13.4. The largest absolute Gasteiger partial charge is 0.508 e. The van der Waals surface area contributed by atoms with E-state index in [1.165, 1.54) is 16.6 Å². The third-order valence-corrected chi connectivity index (χ3v) is 9.25. The van der Waals surface area contributed by atoms with E-state index in [0.29, 0.717) is 13.0 Å². The van der Waals surface area contributed by atoms with Crippen molar-refractivity contribution < 1.29 is 14.7 Å². The van der Waals surface area contributed by atoms with Crippen molar-refractivity contribution in [2.45, 2.75) is 50.7 Å². The van der Waals surface area contributed by atoms with Crippen LogP contribution < -0.4 is 0 Å². The Balaban J connectivity index is 1.31. The molecule has 0 aliphatic carbocycles. The number of hydrogen-bond donors (Lipinski definition) is 2. The van der Waals surface area contributed by atoms with Gasteiger partial charge in [-0.05, 0) is 75.0 Å². The fraction of sp³-hybridized carbons (Fsp3) is 0.400. The van der Waals surface area contributed by atoms with Gasteiger partial charge in [0.05, 0.1) is 18.1 Å². The monoisotopic (exact) mass is 496 g/mol. The summed E-state index contributed by atoms with van der Waals surface area (Å²) in [5, 5.41) is 12.4. The van der Waals surface area contributed by atoms with Gasteiger partial charge in [0.15, 0.2) is 5.78 Å². The number of benzene rings is 2. The van der Waals surface area contributed by atoms with Crippen LogP contribution in [0.1, 0.15) is 60.4 Å². The molecule has 2 aromatic heterocycles. The maximum absolute atomic E-state index is 14.2. The van der Waals surface area contributed by atoms with Crippen LogP contribution in [-0.2, 0) is 22.4 Å². The molecule has 0 saturated heterocycles. The summed E-state index contributed by atoms with van der Waals surface area (Å²) < 4.78 is 2.31. The number of H-pyrrole nitrogens is 1. The van der Waals surface area contributed by atoms with Crippen LogP contribution in [-0.4, -0.2) is 56.8 Å². The van der Waals surface area contributed by atoms with Crippen molar-refractivity contribution >= 4 is 34.0 Å². The third kappa shape index (κ3) is 3.23. The number of aromatic nitrogens is 2. The van der Waals surface area contributed by atoms with E-state index in [-0.39, 0.29) is 35.6 Å². The van der Waals surface area contributed by atoms with E-state index in [0.717, 1.165) is 59.9 Å². The molecule has 7 nitrogen and oxygen atoms in total. The van der Waals surface area contributed by atoms with Crippen molar-refractivity contribution in [1.82, 2.24) is 19.4 Å². The van der Waals surface area contributed by atoms with Crippen LogP contribution in [0.15, 0.2) is 42.5 Å². The van der Waals surface area contributed by atoms with Gasteiger partial charge < -0.3 is 19.6 Å². The fourth-order valence-electron chi connectivity index (χ4n) is 7.43. The Labute approximate surface area is 215 Å². The topological polar surface area (TPSA) is 81.6 Å². The molecule has 37 heavy (non-hydrogen) atoms. The highest BCUT2D eigenvalue weighted by molar-refractivity contribution is 5.92. The van der Waals surface area contributed by atoms with Crippen molar-refractivity contribution in [3.05, 3.63) is 65.0 Å².